The monoisotopic (exact) mass is 274 g/mol. The lowest BCUT2D eigenvalue weighted by molar-refractivity contribution is 0.626. The third kappa shape index (κ3) is 2.90. The summed E-state index contributed by atoms with van der Waals surface area (Å²) in [5.41, 5.74) is 9.54. The van der Waals surface area contributed by atoms with Gasteiger partial charge in [-0.3, -0.25) is 0 Å². The molecule has 19 heavy (non-hydrogen) atoms. The van der Waals surface area contributed by atoms with Crippen molar-refractivity contribution in [3.8, 4) is 0 Å². The van der Waals surface area contributed by atoms with Crippen LogP contribution < -0.4 is 11.1 Å². The maximum atomic E-state index is 13.8. The number of halogens is 1. The number of hydrogen-bond donors (Lipinski definition) is 2. The molecule has 0 aliphatic heterocycles. The molecule has 2 nitrogen and oxygen atoms in total. The molecule has 0 aliphatic carbocycles. The summed E-state index contributed by atoms with van der Waals surface area (Å²) in [5.74, 6) is -0.414. The van der Waals surface area contributed by atoms with Crippen LogP contribution in [0.4, 0.5) is 15.8 Å². The van der Waals surface area contributed by atoms with Crippen LogP contribution in [0.1, 0.15) is 16.7 Å². The van der Waals surface area contributed by atoms with Gasteiger partial charge in [0.2, 0.25) is 0 Å². The van der Waals surface area contributed by atoms with Crippen molar-refractivity contribution in [3.05, 3.63) is 58.9 Å². The summed E-state index contributed by atoms with van der Waals surface area (Å²) in [7, 11) is 0. The average Bonchev–Trinajstić information content (AvgIpc) is 2.33. The van der Waals surface area contributed by atoms with E-state index in [0.29, 0.717) is 5.69 Å². The number of anilines is 2. The van der Waals surface area contributed by atoms with E-state index in [1.807, 2.05) is 32.0 Å². The van der Waals surface area contributed by atoms with E-state index in [2.05, 4.69) is 5.32 Å². The third-order valence-corrected chi connectivity index (χ3v) is 3.13. The van der Waals surface area contributed by atoms with E-state index in [4.69, 9.17) is 18.0 Å². The Morgan fingerprint density at radius 1 is 1.16 bits per heavy atom. The van der Waals surface area contributed by atoms with Gasteiger partial charge >= 0.3 is 0 Å². The highest BCUT2D eigenvalue weighted by Crippen LogP contribution is 2.26. The first-order valence-corrected chi connectivity index (χ1v) is 6.32. The number of rotatable bonds is 3. The van der Waals surface area contributed by atoms with E-state index in [1.54, 1.807) is 12.1 Å². The Morgan fingerprint density at radius 2 is 1.89 bits per heavy atom. The fourth-order valence-corrected chi connectivity index (χ4v) is 2.10. The molecule has 0 saturated carbocycles. The molecule has 3 N–H and O–H groups in total. The van der Waals surface area contributed by atoms with Crippen molar-refractivity contribution in [2.75, 3.05) is 5.32 Å². The molecule has 0 bridgehead atoms. The first kappa shape index (κ1) is 13.5. The number of thiocarbonyl (C=S) groups is 1. The van der Waals surface area contributed by atoms with Crippen molar-refractivity contribution in [1.29, 1.82) is 0 Å². The molecule has 0 fully saturated rings. The van der Waals surface area contributed by atoms with Gasteiger partial charge in [0, 0.05) is 5.69 Å². The highest BCUT2D eigenvalue weighted by Gasteiger charge is 2.11. The summed E-state index contributed by atoms with van der Waals surface area (Å²) in [4.78, 5) is 0.0471. The summed E-state index contributed by atoms with van der Waals surface area (Å²) >= 11 is 4.91. The van der Waals surface area contributed by atoms with Gasteiger partial charge in [0.1, 0.15) is 10.8 Å². The highest BCUT2D eigenvalue weighted by atomic mass is 32.1. The Hall–Kier alpha value is -1.94. The fraction of sp³-hybridized carbons (Fsp3) is 0.133. The molecule has 2 aromatic rings. The van der Waals surface area contributed by atoms with Crippen LogP contribution in [0, 0.1) is 19.7 Å². The van der Waals surface area contributed by atoms with E-state index in [9.17, 15) is 4.39 Å². The smallest absolute Gasteiger partial charge is 0.135 e. The molecule has 4 heteroatoms. The van der Waals surface area contributed by atoms with Crippen molar-refractivity contribution in [2.24, 2.45) is 5.73 Å². The normalized spacial score (nSPS) is 10.3. The van der Waals surface area contributed by atoms with Crippen LogP contribution in [-0.4, -0.2) is 4.99 Å². The molecule has 98 valence electrons. The Balaban J connectivity index is 2.46. The molecule has 2 aromatic carbocycles. The number of aryl methyl sites for hydroxylation is 2. The van der Waals surface area contributed by atoms with Crippen molar-refractivity contribution >= 4 is 28.6 Å². The van der Waals surface area contributed by atoms with Crippen molar-refractivity contribution in [2.45, 2.75) is 13.8 Å². The Kier molecular flexibility index (Phi) is 3.81. The van der Waals surface area contributed by atoms with Gasteiger partial charge < -0.3 is 11.1 Å². The zero-order chi connectivity index (χ0) is 14.0. The Bertz CT molecular complexity index is 638. The van der Waals surface area contributed by atoms with E-state index < -0.39 is 5.82 Å². The number of benzene rings is 2. The highest BCUT2D eigenvalue weighted by molar-refractivity contribution is 7.80. The molecule has 0 aromatic heterocycles. The maximum absolute atomic E-state index is 13.8. The van der Waals surface area contributed by atoms with E-state index in [0.717, 1.165) is 16.8 Å². The number of nitrogens with two attached hydrogens (primary N) is 1. The van der Waals surface area contributed by atoms with Gasteiger partial charge in [-0.2, -0.15) is 0 Å². The second-order valence-corrected chi connectivity index (χ2v) is 4.91. The molecule has 0 spiro atoms. The number of nitrogens with one attached hydrogen (secondary N) is 1. The van der Waals surface area contributed by atoms with Gasteiger partial charge in [-0.25, -0.2) is 4.39 Å². The van der Waals surface area contributed by atoms with Gasteiger partial charge in [0.15, 0.2) is 0 Å². The minimum absolute atomic E-state index is 0.0471. The fourth-order valence-electron chi connectivity index (χ4n) is 1.89. The second-order valence-electron chi connectivity index (χ2n) is 4.47. The number of hydrogen-bond acceptors (Lipinski definition) is 2. The zero-order valence-corrected chi connectivity index (χ0v) is 11.6. The maximum Gasteiger partial charge on any atom is 0.135 e. The van der Waals surface area contributed by atoms with Crippen LogP contribution in [0.2, 0.25) is 0 Å². The van der Waals surface area contributed by atoms with Crippen LogP contribution in [0.5, 0.6) is 0 Å². The Morgan fingerprint density at radius 3 is 2.58 bits per heavy atom. The Labute approximate surface area is 117 Å². The minimum Gasteiger partial charge on any atom is -0.389 e. The molecule has 0 amide bonds. The largest absolute Gasteiger partial charge is 0.389 e. The first-order valence-electron chi connectivity index (χ1n) is 5.91. The summed E-state index contributed by atoms with van der Waals surface area (Å²) in [6.45, 7) is 3.99. The van der Waals surface area contributed by atoms with Crippen molar-refractivity contribution in [3.63, 3.8) is 0 Å². The molecule has 0 aliphatic rings. The van der Waals surface area contributed by atoms with Crippen LogP contribution in [0.3, 0.4) is 0 Å². The van der Waals surface area contributed by atoms with Crippen molar-refractivity contribution in [1.82, 2.24) is 0 Å². The van der Waals surface area contributed by atoms with Gasteiger partial charge in [0.05, 0.1) is 11.3 Å². The van der Waals surface area contributed by atoms with Gasteiger partial charge in [-0.1, -0.05) is 30.4 Å². The van der Waals surface area contributed by atoms with Crippen LogP contribution >= 0.6 is 12.2 Å². The SMILES string of the molecule is Cc1ccc(C)c(Nc2cccc(F)c2C(N)=S)c1. The molecule has 0 radical (unpaired) electrons. The standard InChI is InChI=1S/C15H15FN2S/c1-9-6-7-10(2)13(8-9)18-12-5-3-4-11(16)14(12)15(17)19/h3-8,18H,1-2H3,(H2,17,19). The summed E-state index contributed by atoms with van der Waals surface area (Å²) < 4.78 is 13.8. The molecular weight excluding hydrogens is 259 g/mol. The lowest BCUT2D eigenvalue weighted by Gasteiger charge is -2.14. The minimum atomic E-state index is -0.414. The van der Waals surface area contributed by atoms with Gasteiger partial charge in [-0.05, 0) is 43.2 Å². The van der Waals surface area contributed by atoms with Crippen LogP contribution in [0.15, 0.2) is 36.4 Å². The topological polar surface area (TPSA) is 38.0 Å². The molecule has 0 saturated heterocycles. The molecule has 0 heterocycles. The van der Waals surface area contributed by atoms with Crippen LogP contribution in [0.25, 0.3) is 0 Å². The quantitative estimate of drug-likeness (QED) is 0.836. The van der Waals surface area contributed by atoms with Crippen molar-refractivity contribution < 1.29 is 4.39 Å². The average molecular weight is 274 g/mol. The predicted octanol–water partition coefficient (Wildman–Crippen LogP) is 3.82. The first-order chi connectivity index (χ1) is 8.99. The molecule has 0 unspecified atom stereocenters. The van der Waals surface area contributed by atoms with Crippen LogP contribution in [-0.2, 0) is 0 Å². The summed E-state index contributed by atoms with van der Waals surface area (Å²) in [6.07, 6.45) is 0. The predicted molar refractivity (Wildman–Crippen MR) is 81.5 cm³/mol. The van der Waals surface area contributed by atoms with E-state index >= 15 is 0 Å². The molecule has 2 rings (SSSR count). The third-order valence-electron chi connectivity index (χ3n) is 2.92. The molecular formula is C15H15FN2S. The molecule has 0 atom stereocenters. The van der Waals surface area contributed by atoms with Gasteiger partial charge in [-0.15, -0.1) is 0 Å². The summed E-state index contributed by atoms with van der Waals surface area (Å²) in [6, 6.07) is 10.8. The lowest BCUT2D eigenvalue weighted by atomic mass is 10.1. The van der Waals surface area contributed by atoms with E-state index in [1.165, 1.54) is 6.07 Å². The second kappa shape index (κ2) is 5.36. The zero-order valence-electron chi connectivity index (χ0n) is 10.8. The summed E-state index contributed by atoms with van der Waals surface area (Å²) in [5, 5.41) is 3.20. The van der Waals surface area contributed by atoms with E-state index in [-0.39, 0.29) is 10.6 Å². The lowest BCUT2D eigenvalue weighted by Crippen LogP contribution is -2.14. The van der Waals surface area contributed by atoms with Gasteiger partial charge in [0.25, 0.3) is 0 Å².